The summed E-state index contributed by atoms with van der Waals surface area (Å²) in [6, 6.07) is 12.4. The van der Waals surface area contributed by atoms with Gasteiger partial charge in [-0.3, -0.25) is 4.79 Å². The largest absolute Gasteiger partial charge is 0.357 e. The van der Waals surface area contributed by atoms with Gasteiger partial charge in [-0.05, 0) is 56.0 Å². The Morgan fingerprint density at radius 2 is 2.00 bits per heavy atom. The van der Waals surface area contributed by atoms with Gasteiger partial charge in [0.05, 0.1) is 10.2 Å². The average Bonchev–Trinajstić information content (AvgIpc) is 3.21. The second kappa shape index (κ2) is 7.03. The maximum Gasteiger partial charge on any atom is 0.251 e. The molecule has 1 aliphatic rings. The smallest absolute Gasteiger partial charge is 0.251 e. The molecular weight excluding hydrogens is 349 g/mol. The first-order valence-corrected chi connectivity index (χ1v) is 9.61. The summed E-state index contributed by atoms with van der Waals surface area (Å²) >= 11 is 1.44. The number of hydrogen-bond donors (Lipinski definition) is 2. The van der Waals surface area contributed by atoms with E-state index in [-0.39, 0.29) is 23.8 Å². The van der Waals surface area contributed by atoms with Gasteiger partial charge >= 0.3 is 0 Å². The monoisotopic (exact) mass is 369 g/mol. The van der Waals surface area contributed by atoms with Gasteiger partial charge in [-0.2, -0.15) is 0 Å². The van der Waals surface area contributed by atoms with Crippen molar-refractivity contribution < 1.29 is 9.18 Å². The number of rotatable bonds is 4. The topological polar surface area (TPSA) is 54.0 Å². The van der Waals surface area contributed by atoms with Crippen LogP contribution in [-0.2, 0) is 0 Å². The second-order valence-electron chi connectivity index (χ2n) is 6.71. The quantitative estimate of drug-likeness (QED) is 0.712. The van der Waals surface area contributed by atoms with Crippen molar-refractivity contribution in [1.82, 2.24) is 10.3 Å². The van der Waals surface area contributed by atoms with Crippen LogP contribution in [0.5, 0.6) is 0 Å². The summed E-state index contributed by atoms with van der Waals surface area (Å²) in [4.78, 5) is 17.1. The van der Waals surface area contributed by atoms with Crippen molar-refractivity contribution in [3.05, 3.63) is 59.4 Å². The molecule has 0 aliphatic heterocycles. The van der Waals surface area contributed by atoms with Crippen LogP contribution in [0.4, 0.5) is 9.52 Å². The fraction of sp³-hybridized carbons (Fsp3) is 0.300. The molecule has 1 fully saturated rings. The zero-order valence-electron chi connectivity index (χ0n) is 14.5. The average molecular weight is 369 g/mol. The van der Waals surface area contributed by atoms with E-state index in [0.29, 0.717) is 5.56 Å². The Morgan fingerprint density at radius 1 is 1.19 bits per heavy atom. The number of aromatic nitrogens is 1. The number of nitrogens with one attached hydrogen (secondary N) is 2. The molecule has 1 saturated carbocycles. The highest BCUT2D eigenvalue weighted by molar-refractivity contribution is 7.22. The molecule has 4 rings (SSSR count). The van der Waals surface area contributed by atoms with E-state index in [4.69, 9.17) is 0 Å². The van der Waals surface area contributed by atoms with Crippen LogP contribution in [0.3, 0.4) is 0 Å². The van der Waals surface area contributed by atoms with Crippen LogP contribution in [0.15, 0.2) is 42.5 Å². The molecule has 1 amide bonds. The standard InChI is InChI=1S/C20H20FN3OS/c1-12-5-2-3-6-14(12)19(25)22-15-7-4-8-16(15)23-20-24-17-10-9-13(21)11-18(17)26-20/h2-3,5-6,9-11,15-16H,4,7-8H2,1H3,(H,22,25)(H,23,24)/t15-,16-/m0/s1. The minimum absolute atomic E-state index is 0.0341. The number of halogens is 1. The number of aryl methyl sites for hydroxylation is 1. The fourth-order valence-electron chi connectivity index (χ4n) is 3.50. The van der Waals surface area contributed by atoms with Crippen LogP contribution in [0, 0.1) is 12.7 Å². The van der Waals surface area contributed by atoms with Crippen molar-refractivity contribution in [2.75, 3.05) is 5.32 Å². The van der Waals surface area contributed by atoms with Crippen molar-refractivity contribution in [3.63, 3.8) is 0 Å². The Balaban J connectivity index is 1.47. The lowest BCUT2D eigenvalue weighted by atomic mass is 10.1. The minimum Gasteiger partial charge on any atom is -0.357 e. The highest BCUT2D eigenvalue weighted by Crippen LogP contribution is 2.30. The third-order valence-corrected chi connectivity index (χ3v) is 5.83. The summed E-state index contributed by atoms with van der Waals surface area (Å²) in [5.74, 6) is -0.287. The van der Waals surface area contributed by atoms with Gasteiger partial charge in [0.15, 0.2) is 5.13 Å². The predicted molar refractivity (Wildman–Crippen MR) is 103 cm³/mol. The number of hydrogen-bond acceptors (Lipinski definition) is 4. The van der Waals surface area contributed by atoms with E-state index in [9.17, 15) is 9.18 Å². The Morgan fingerprint density at radius 3 is 2.85 bits per heavy atom. The lowest BCUT2D eigenvalue weighted by Gasteiger charge is -2.22. The summed E-state index contributed by atoms with van der Waals surface area (Å²) in [6.07, 6.45) is 2.97. The first-order valence-electron chi connectivity index (χ1n) is 8.79. The highest BCUT2D eigenvalue weighted by Gasteiger charge is 2.29. The first-order chi connectivity index (χ1) is 12.6. The van der Waals surface area contributed by atoms with Gasteiger partial charge in [0.25, 0.3) is 5.91 Å². The number of nitrogens with zero attached hydrogens (tertiary/aromatic N) is 1. The van der Waals surface area contributed by atoms with Crippen molar-refractivity contribution in [2.45, 2.75) is 38.3 Å². The van der Waals surface area contributed by atoms with Gasteiger partial charge in [0.2, 0.25) is 0 Å². The number of benzene rings is 2. The molecule has 1 aliphatic carbocycles. The summed E-state index contributed by atoms with van der Waals surface area (Å²) < 4.78 is 14.2. The van der Waals surface area contributed by atoms with Crippen LogP contribution in [0.25, 0.3) is 10.2 Å². The number of carbonyl (C=O) groups is 1. The zero-order valence-corrected chi connectivity index (χ0v) is 15.3. The Hall–Kier alpha value is -2.47. The van der Waals surface area contributed by atoms with Gasteiger partial charge < -0.3 is 10.6 Å². The van der Waals surface area contributed by atoms with E-state index < -0.39 is 0 Å². The van der Waals surface area contributed by atoms with E-state index in [2.05, 4.69) is 15.6 Å². The van der Waals surface area contributed by atoms with Crippen LogP contribution in [-0.4, -0.2) is 23.0 Å². The highest BCUT2D eigenvalue weighted by atomic mass is 32.1. The van der Waals surface area contributed by atoms with Crippen molar-refractivity contribution in [1.29, 1.82) is 0 Å². The SMILES string of the molecule is Cc1ccccc1C(=O)N[C@H]1CCC[C@@H]1Nc1nc2ccc(F)cc2s1. The van der Waals surface area contributed by atoms with Crippen molar-refractivity contribution in [2.24, 2.45) is 0 Å². The minimum atomic E-state index is -0.253. The maximum atomic E-state index is 13.4. The molecule has 26 heavy (non-hydrogen) atoms. The van der Waals surface area contributed by atoms with Gasteiger partial charge in [-0.15, -0.1) is 0 Å². The summed E-state index contributed by atoms with van der Waals surface area (Å²) in [5, 5.41) is 7.38. The van der Waals surface area contributed by atoms with E-state index in [1.807, 2.05) is 31.2 Å². The fourth-order valence-corrected chi connectivity index (χ4v) is 4.45. The predicted octanol–water partition coefficient (Wildman–Crippen LogP) is 4.51. The zero-order chi connectivity index (χ0) is 18.1. The van der Waals surface area contributed by atoms with Crippen LogP contribution in [0.1, 0.15) is 35.2 Å². The van der Waals surface area contributed by atoms with Crippen molar-refractivity contribution >= 4 is 32.6 Å². The first kappa shape index (κ1) is 17.0. The number of carbonyl (C=O) groups excluding carboxylic acids is 1. The van der Waals surface area contributed by atoms with Crippen LogP contribution in [0.2, 0.25) is 0 Å². The van der Waals surface area contributed by atoms with Gasteiger partial charge in [-0.25, -0.2) is 9.37 Å². The third kappa shape index (κ3) is 3.42. The molecule has 4 nitrogen and oxygen atoms in total. The molecule has 134 valence electrons. The molecular formula is C20H20FN3OS. The lowest BCUT2D eigenvalue weighted by Crippen LogP contribution is -2.43. The van der Waals surface area contributed by atoms with Crippen molar-refractivity contribution in [3.8, 4) is 0 Å². The summed E-state index contributed by atoms with van der Waals surface area (Å²) in [6.45, 7) is 1.94. The Labute approximate surface area is 155 Å². The molecule has 2 N–H and O–H groups in total. The number of thiazole rings is 1. The molecule has 1 heterocycles. The molecule has 0 bridgehead atoms. The molecule has 0 unspecified atom stereocenters. The molecule has 6 heteroatoms. The van der Waals surface area contributed by atoms with Gasteiger partial charge in [0.1, 0.15) is 5.82 Å². The molecule has 0 radical (unpaired) electrons. The number of amides is 1. The third-order valence-electron chi connectivity index (χ3n) is 4.88. The maximum absolute atomic E-state index is 13.4. The Kier molecular flexibility index (Phi) is 4.59. The van der Waals surface area contributed by atoms with Crippen LogP contribution >= 0.6 is 11.3 Å². The molecule has 2 atom stereocenters. The molecule has 2 aromatic carbocycles. The Bertz CT molecular complexity index is 955. The normalized spacial score (nSPS) is 19.6. The second-order valence-corrected chi connectivity index (χ2v) is 7.74. The van der Waals surface area contributed by atoms with E-state index >= 15 is 0 Å². The number of fused-ring (bicyclic) bond motifs is 1. The number of anilines is 1. The van der Waals surface area contributed by atoms with E-state index in [1.54, 1.807) is 6.07 Å². The lowest BCUT2D eigenvalue weighted by molar-refractivity contribution is 0.0935. The van der Waals surface area contributed by atoms with Crippen LogP contribution < -0.4 is 10.6 Å². The summed E-state index contributed by atoms with van der Waals surface area (Å²) in [7, 11) is 0. The molecule has 0 saturated heterocycles. The molecule has 1 aromatic heterocycles. The van der Waals surface area contributed by atoms with Gasteiger partial charge in [0, 0.05) is 17.6 Å². The van der Waals surface area contributed by atoms with Gasteiger partial charge in [-0.1, -0.05) is 29.5 Å². The van der Waals surface area contributed by atoms with E-state index in [0.717, 1.165) is 40.2 Å². The summed E-state index contributed by atoms with van der Waals surface area (Å²) in [5.41, 5.74) is 2.48. The van der Waals surface area contributed by atoms with E-state index in [1.165, 1.54) is 23.5 Å². The molecule has 0 spiro atoms. The molecule has 3 aromatic rings.